The van der Waals surface area contributed by atoms with E-state index < -0.39 is 0 Å². The zero-order valence-corrected chi connectivity index (χ0v) is 11.4. The predicted molar refractivity (Wildman–Crippen MR) is 69.6 cm³/mol. The Hall–Kier alpha value is -0.730. The van der Waals surface area contributed by atoms with Crippen molar-refractivity contribution < 1.29 is 4.74 Å². The lowest BCUT2D eigenvalue weighted by Crippen LogP contribution is -2.15. The average molecular weight is 242 g/mol. The SMILES string of the molecule is CNC(C)c1cc(Cl)c(OC)cc1C(C)C. The van der Waals surface area contributed by atoms with E-state index in [9.17, 15) is 0 Å². The first-order chi connectivity index (χ1) is 7.51. The Morgan fingerprint density at radius 1 is 1.19 bits per heavy atom. The van der Waals surface area contributed by atoms with Gasteiger partial charge in [0, 0.05) is 6.04 Å². The van der Waals surface area contributed by atoms with E-state index in [1.165, 1.54) is 11.1 Å². The van der Waals surface area contributed by atoms with E-state index >= 15 is 0 Å². The lowest BCUT2D eigenvalue weighted by atomic mass is 9.93. The van der Waals surface area contributed by atoms with Crippen LogP contribution < -0.4 is 10.1 Å². The van der Waals surface area contributed by atoms with Crippen LogP contribution in [0.25, 0.3) is 0 Å². The Kier molecular flexibility index (Phi) is 4.63. The monoisotopic (exact) mass is 241 g/mol. The third-order valence-electron chi connectivity index (χ3n) is 2.88. The summed E-state index contributed by atoms with van der Waals surface area (Å²) in [6, 6.07) is 4.33. The minimum absolute atomic E-state index is 0.292. The molecule has 0 radical (unpaired) electrons. The maximum absolute atomic E-state index is 6.15. The second-order valence-electron chi connectivity index (χ2n) is 4.28. The molecular formula is C13H20ClNO. The van der Waals surface area contributed by atoms with Crippen molar-refractivity contribution in [1.29, 1.82) is 0 Å². The molecular weight excluding hydrogens is 222 g/mol. The van der Waals surface area contributed by atoms with Gasteiger partial charge in [0.05, 0.1) is 12.1 Å². The normalized spacial score (nSPS) is 12.9. The molecule has 0 fully saturated rings. The van der Waals surface area contributed by atoms with Crippen molar-refractivity contribution in [2.45, 2.75) is 32.7 Å². The molecule has 2 nitrogen and oxygen atoms in total. The highest BCUT2D eigenvalue weighted by atomic mass is 35.5. The summed E-state index contributed by atoms with van der Waals surface area (Å²) in [6.07, 6.45) is 0. The predicted octanol–water partition coefficient (Wildman–Crippen LogP) is 3.75. The van der Waals surface area contributed by atoms with Crippen molar-refractivity contribution in [1.82, 2.24) is 5.32 Å². The van der Waals surface area contributed by atoms with Gasteiger partial charge in [0.2, 0.25) is 0 Å². The minimum atomic E-state index is 0.292. The fourth-order valence-corrected chi connectivity index (χ4v) is 2.02. The van der Waals surface area contributed by atoms with Crippen molar-refractivity contribution >= 4 is 11.6 Å². The summed E-state index contributed by atoms with van der Waals surface area (Å²) in [4.78, 5) is 0. The summed E-state index contributed by atoms with van der Waals surface area (Å²) in [7, 11) is 3.60. The molecule has 0 aromatic heterocycles. The van der Waals surface area contributed by atoms with Gasteiger partial charge in [-0.2, -0.15) is 0 Å². The first-order valence-corrected chi connectivity index (χ1v) is 5.93. The fraction of sp³-hybridized carbons (Fsp3) is 0.538. The van der Waals surface area contributed by atoms with Crippen LogP contribution >= 0.6 is 11.6 Å². The molecule has 0 bridgehead atoms. The number of halogens is 1. The molecule has 0 aliphatic heterocycles. The van der Waals surface area contributed by atoms with Gasteiger partial charge in [-0.05, 0) is 43.1 Å². The number of hydrogen-bond acceptors (Lipinski definition) is 2. The lowest BCUT2D eigenvalue weighted by molar-refractivity contribution is 0.413. The quantitative estimate of drug-likeness (QED) is 0.867. The average Bonchev–Trinajstić information content (AvgIpc) is 2.27. The summed E-state index contributed by atoms with van der Waals surface area (Å²) in [5.74, 6) is 1.20. The molecule has 0 aliphatic carbocycles. The number of methoxy groups -OCH3 is 1. The van der Waals surface area contributed by atoms with Crippen LogP contribution in [0.1, 0.15) is 43.9 Å². The van der Waals surface area contributed by atoms with Crippen LogP contribution in [0.4, 0.5) is 0 Å². The van der Waals surface area contributed by atoms with E-state index in [-0.39, 0.29) is 0 Å². The standard InChI is InChI=1S/C13H20ClNO/c1-8(2)10-7-13(16-5)12(14)6-11(10)9(3)15-4/h6-9,15H,1-5H3. The van der Waals surface area contributed by atoms with E-state index in [1.807, 2.05) is 19.2 Å². The highest BCUT2D eigenvalue weighted by Gasteiger charge is 2.15. The largest absolute Gasteiger partial charge is 0.495 e. The second-order valence-corrected chi connectivity index (χ2v) is 4.69. The van der Waals surface area contributed by atoms with Crippen LogP contribution in [-0.2, 0) is 0 Å². The summed E-state index contributed by atoms with van der Waals surface area (Å²) in [5, 5.41) is 3.91. The molecule has 0 spiro atoms. The van der Waals surface area contributed by atoms with Crippen molar-refractivity contribution in [3.8, 4) is 5.75 Å². The Bertz CT molecular complexity index is 363. The van der Waals surface area contributed by atoms with E-state index in [0.717, 1.165) is 5.75 Å². The molecule has 16 heavy (non-hydrogen) atoms. The van der Waals surface area contributed by atoms with Crippen LogP contribution in [0.3, 0.4) is 0 Å². The van der Waals surface area contributed by atoms with Crippen molar-refractivity contribution in [2.75, 3.05) is 14.2 Å². The summed E-state index contributed by atoms with van der Waals surface area (Å²) in [6.45, 7) is 6.48. The Balaban J connectivity index is 3.30. The molecule has 1 unspecified atom stereocenters. The number of hydrogen-bond donors (Lipinski definition) is 1. The molecule has 0 heterocycles. The summed E-state index contributed by atoms with van der Waals surface area (Å²) in [5.41, 5.74) is 2.52. The van der Waals surface area contributed by atoms with Crippen LogP contribution in [0.15, 0.2) is 12.1 Å². The molecule has 1 aromatic carbocycles. The van der Waals surface area contributed by atoms with Gasteiger partial charge in [0.1, 0.15) is 5.75 Å². The molecule has 3 heteroatoms. The Labute approximate surface area is 103 Å². The second kappa shape index (κ2) is 5.55. The van der Waals surface area contributed by atoms with Gasteiger partial charge in [0.25, 0.3) is 0 Å². The molecule has 0 amide bonds. The highest BCUT2D eigenvalue weighted by molar-refractivity contribution is 6.32. The summed E-state index contributed by atoms with van der Waals surface area (Å²) >= 11 is 6.15. The van der Waals surface area contributed by atoms with Gasteiger partial charge < -0.3 is 10.1 Å². The smallest absolute Gasteiger partial charge is 0.137 e. The minimum Gasteiger partial charge on any atom is -0.495 e. The number of nitrogens with one attached hydrogen (secondary N) is 1. The maximum atomic E-state index is 6.15. The zero-order chi connectivity index (χ0) is 12.3. The van der Waals surface area contributed by atoms with Gasteiger partial charge in [0.15, 0.2) is 0 Å². The van der Waals surface area contributed by atoms with Crippen molar-refractivity contribution in [2.24, 2.45) is 0 Å². The van der Waals surface area contributed by atoms with Gasteiger partial charge in [-0.3, -0.25) is 0 Å². The maximum Gasteiger partial charge on any atom is 0.137 e. The van der Waals surface area contributed by atoms with Crippen LogP contribution in [0.2, 0.25) is 5.02 Å². The van der Waals surface area contributed by atoms with Gasteiger partial charge in [-0.25, -0.2) is 0 Å². The number of benzene rings is 1. The van der Waals surface area contributed by atoms with Gasteiger partial charge in [-0.1, -0.05) is 25.4 Å². The Morgan fingerprint density at radius 3 is 2.25 bits per heavy atom. The molecule has 1 rings (SSSR count). The topological polar surface area (TPSA) is 21.3 Å². The van der Waals surface area contributed by atoms with E-state index in [1.54, 1.807) is 7.11 Å². The molecule has 0 aliphatic rings. The first-order valence-electron chi connectivity index (χ1n) is 5.55. The van der Waals surface area contributed by atoms with Gasteiger partial charge >= 0.3 is 0 Å². The lowest BCUT2D eigenvalue weighted by Gasteiger charge is -2.20. The van der Waals surface area contributed by atoms with Crippen LogP contribution in [0.5, 0.6) is 5.75 Å². The van der Waals surface area contributed by atoms with Crippen LogP contribution in [0, 0.1) is 0 Å². The van der Waals surface area contributed by atoms with E-state index in [4.69, 9.17) is 16.3 Å². The van der Waals surface area contributed by atoms with E-state index in [2.05, 4.69) is 26.1 Å². The molecule has 0 saturated carbocycles. The van der Waals surface area contributed by atoms with Gasteiger partial charge in [-0.15, -0.1) is 0 Å². The van der Waals surface area contributed by atoms with E-state index in [0.29, 0.717) is 17.0 Å². The zero-order valence-electron chi connectivity index (χ0n) is 10.6. The van der Waals surface area contributed by atoms with Crippen LogP contribution in [-0.4, -0.2) is 14.2 Å². The third kappa shape index (κ3) is 2.69. The molecule has 1 atom stereocenters. The summed E-state index contributed by atoms with van der Waals surface area (Å²) < 4.78 is 5.25. The van der Waals surface area contributed by atoms with Crippen molar-refractivity contribution in [3.05, 3.63) is 28.3 Å². The molecule has 90 valence electrons. The molecule has 1 N–H and O–H groups in total. The number of rotatable bonds is 4. The fourth-order valence-electron chi connectivity index (χ4n) is 1.77. The number of ether oxygens (including phenoxy) is 1. The molecule has 1 aromatic rings. The molecule has 0 saturated heterocycles. The van der Waals surface area contributed by atoms with Crippen molar-refractivity contribution in [3.63, 3.8) is 0 Å². The third-order valence-corrected chi connectivity index (χ3v) is 3.17. The Morgan fingerprint density at radius 2 is 1.81 bits per heavy atom. The first kappa shape index (κ1) is 13.3. The highest BCUT2D eigenvalue weighted by Crippen LogP contribution is 2.34.